The Morgan fingerprint density at radius 1 is 1.06 bits per heavy atom. The molecule has 90 valence electrons. The van der Waals surface area contributed by atoms with Gasteiger partial charge >= 0.3 is 11.9 Å². The van der Waals surface area contributed by atoms with Crippen LogP contribution in [0.4, 0.5) is 0 Å². The first-order valence-corrected chi connectivity index (χ1v) is 5.77. The van der Waals surface area contributed by atoms with E-state index in [4.69, 9.17) is 10.2 Å². The van der Waals surface area contributed by atoms with Gasteiger partial charge in [-0.3, -0.25) is 14.9 Å². The quantitative estimate of drug-likeness (QED) is 0.650. The van der Waals surface area contributed by atoms with E-state index in [1.165, 1.54) is 6.42 Å². The molecule has 2 rings (SSSR count). The summed E-state index contributed by atoms with van der Waals surface area (Å²) in [7, 11) is 0. The first-order valence-electron chi connectivity index (χ1n) is 5.77. The van der Waals surface area contributed by atoms with Crippen LogP contribution in [0.2, 0.25) is 0 Å². The summed E-state index contributed by atoms with van der Waals surface area (Å²) in [5.41, 5.74) is -0.232. The highest BCUT2D eigenvalue weighted by Gasteiger charge is 2.50. The lowest BCUT2D eigenvalue weighted by molar-refractivity contribution is -0.149. The summed E-state index contributed by atoms with van der Waals surface area (Å²) in [6.45, 7) is 0. The second kappa shape index (κ2) is 4.05. The van der Waals surface area contributed by atoms with Gasteiger partial charge in [0, 0.05) is 5.54 Å². The second-order valence-electron chi connectivity index (χ2n) is 4.95. The normalized spacial score (nSPS) is 32.8. The Morgan fingerprint density at radius 2 is 1.69 bits per heavy atom. The Kier molecular flexibility index (Phi) is 2.88. The smallest absolute Gasteiger partial charge is 0.321 e. The van der Waals surface area contributed by atoms with Gasteiger partial charge in [-0.25, -0.2) is 0 Å². The van der Waals surface area contributed by atoms with Crippen molar-refractivity contribution in [3.63, 3.8) is 0 Å². The molecule has 1 spiro atoms. The molecule has 2 unspecified atom stereocenters. The minimum absolute atomic E-state index is 0.232. The highest BCUT2D eigenvalue weighted by Crippen LogP contribution is 2.40. The minimum atomic E-state index is -1.05. The van der Waals surface area contributed by atoms with Crippen molar-refractivity contribution in [3.05, 3.63) is 0 Å². The molecular weight excluding hydrogens is 210 g/mol. The zero-order valence-electron chi connectivity index (χ0n) is 9.11. The highest BCUT2D eigenvalue weighted by molar-refractivity contribution is 5.83. The van der Waals surface area contributed by atoms with Gasteiger partial charge in [0.2, 0.25) is 0 Å². The molecule has 1 heterocycles. The Labute approximate surface area is 93.8 Å². The van der Waals surface area contributed by atoms with E-state index >= 15 is 0 Å². The molecule has 0 aromatic heterocycles. The molecule has 0 aromatic rings. The van der Waals surface area contributed by atoms with Crippen LogP contribution < -0.4 is 5.32 Å². The van der Waals surface area contributed by atoms with Crippen molar-refractivity contribution in [1.82, 2.24) is 5.32 Å². The van der Waals surface area contributed by atoms with Crippen LogP contribution in [0.5, 0.6) is 0 Å². The molecule has 2 fully saturated rings. The molecule has 0 amide bonds. The largest absolute Gasteiger partial charge is 0.481 e. The Morgan fingerprint density at radius 3 is 2.12 bits per heavy atom. The van der Waals surface area contributed by atoms with Crippen molar-refractivity contribution in [2.75, 3.05) is 0 Å². The van der Waals surface area contributed by atoms with Gasteiger partial charge in [0.25, 0.3) is 0 Å². The van der Waals surface area contributed by atoms with E-state index in [0.717, 1.165) is 25.7 Å². The first kappa shape index (κ1) is 11.4. The van der Waals surface area contributed by atoms with E-state index in [1.54, 1.807) is 0 Å². The Balaban J connectivity index is 2.16. The number of hydrogen-bond acceptors (Lipinski definition) is 3. The van der Waals surface area contributed by atoms with Gasteiger partial charge < -0.3 is 10.2 Å². The van der Waals surface area contributed by atoms with E-state index in [-0.39, 0.29) is 5.54 Å². The first-order chi connectivity index (χ1) is 7.54. The third-order valence-electron chi connectivity index (χ3n) is 3.87. The highest BCUT2D eigenvalue weighted by atomic mass is 16.4. The fourth-order valence-corrected chi connectivity index (χ4v) is 3.07. The summed E-state index contributed by atoms with van der Waals surface area (Å²) in [6, 6.07) is -0.921. The summed E-state index contributed by atoms with van der Waals surface area (Å²) in [4.78, 5) is 22.1. The SMILES string of the molecule is O=C(O)C1CC2(CCCCC2)NC1C(=O)O. The molecule has 1 aliphatic heterocycles. The number of rotatable bonds is 2. The predicted molar refractivity (Wildman–Crippen MR) is 56.1 cm³/mol. The van der Waals surface area contributed by atoms with Gasteiger partial charge in [0.15, 0.2) is 0 Å². The number of hydrogen-bond donors (Lipinski definition) is 3. The summed E-state index contributed by atoms with van der Waals surface area (Å²) in [5, 5.41) is 21.1. The van der Waals surface area contributed by atoms with Crippen LogP contribution in [0.1, 0.15) is 38.5 Å². The number of nitrogens with one attached hydrogen (secondary N) is 1. The van der Waals surface area contributed by atoms with Crippen molar-refractivity contribution in [2.24, 2.45) is 5.92 Å². The lowest BCUT2D eigenvalue weighted by Crippen LogP contribution is -2.47. The van der Waals surface area contributed by atoms with Gasteiger partial charge in [0.05, 0.1) is 5.92 Å². The third-order valence-corrected chi connectivity index (χ3v) is 3.87. The average Bonchev–Trinajstić information content (AvgIpc) is 2.59. The van der Waals surface area contributed by atoms with Crippen LogP contribution in [0.3, 0.4) is 0 Å². The topological polar surface area (TPSA) is 86.6 Å². The minimum Gasteiger partial charge on any atom is -0.481 e. The molecule has 5 nitrogen and oxygen atoms in total. The molecule has 0 aromatic carbocycles. The van der Waals surface area contributed by atoms with E-state index in [9.17, 15) is 9.59 Å². The van der Waals surface area contributed by atoms with Crippen LogP contribution in [-0.4, -0.2) is 33.7 Å². The van der Waals surface area contributed by atoms with Crippen molar-refractivity contribution in [2.45, 2.75) is 50.1 Å². The fraction of sp³-hybridized carbons (Fsp3) is 0.818. The average molecular weight is 227 g/mol. The molecule has 1 saturated carbocycles. The Bertz CT molecular complexity index is 285. The molecule has 0 bridgehead atoms. The van der Waals surface area contributed by atoms with Gasteiger partial charge in [-0.15, -0.1) is 0 Å². The summed E-state index contributed by atoms with van der Waals surface area (Å²) in [5.74, 6) is -2.83. The van der Waals surface area contributed by atoms with E-state index in [1.807, 2.05) is 0 Å². The predicted octanol–water partition coefficient (Wildman–Crippen LogP) is 0.837. The number of carboxylic acids is 2. The van der Waals surface area contributed by atoms with E-state index < -0.39 is 23.9 Å². The van der Waals surface area contributed by atoms with Crippen molar-refractivity contribution in [1.29, 1.82) is 0 Å². The summed E-state index contributed by atoms with van der Waals surface area (Å²) < 4.78 is 0. The maximum atomic E-state index is 11.0. The number of aliphatic carboxylic acids is 2. The molecule has 2 atom stereocenters. The summed E-state index contributed by atoms with van der Waals surface area (Å²) in [6.07, 6.45) is 5.55. The molecule has 5 heteroatoms. The van der Waals surface area contributed by atoms with Crippen molar-refractivity contribution >= 4 is 11.9 Å². The standard InChI is InChI=1S/C11H17NO4/c13-9(14)7-6-11(4-2-1-3-5-11)12-8(7)10(15)16/h7-8,12H,1-6H2,(H,13,14)(H,15,16). The zero-order chi connectivity index (χ0) is 11.8. The van der Waals surface area contributed by atoms with Crippen LogP contribution in [0.15, 0.2) is 0 Å². The zero-order valence-corrected chi connectivity index (χ0v) is 9.11. The third kappa shape index (κ3) is 1.91. The number of carbonyl (C=O) groups is 2. The van der Waals surface area contributed by atoms with Crippen LogP contribution in [0, 0.1) is 5.92 Å². The molecule has 1 saturated heterocycles. The molecular formula is C11H17NO4. The van der Waals surface area contributed by atoms with E-state index in [2.05, 4.69) is 5.32 Å². The summed E-state index contributed by atoms with van der Waals surface area (Å²) >= 11 is 0. The molecule has 0 radical (unpaired) electrons. The van der Waals surface area contributed by atoms with Gasteiger partial charge in [0.1, 0.15) is 6.04 Å². The van der Waals surface area contributed by atoms with Crippen LogP contribution in [-0.2, 0) is 9.59 Å². The maximum absolute atomic E-state index is 11.0. The monoisotopic (exact) mass is 227 g/mol. The lowest BCUT2D eigenvalue weighted by Gasteiger charge is -2.34. The van der Waals surface area contributed by atoms with Gasteiger partial charge in [-0.1, -0.05) is 19.3 Å². The molecule has 2 aliphatic rings. The van der Waals surface area contributed by atoms with Crippen molar-refractivity contribution < 1.29 is 19.8 Å². The van der Waals surface area contributed by atoms with E-state index in [0.29, 0.717) is 6.42 Å². The maximum Gasteiger partial charge on any atom is 0.321 e. The van der Waals surface area contributed by atoms with Crippen LogP contribution in [0.25, 0.3) is 0 Å². The lowest BCUT2D eigenvalue weighted by atomic mass is 9.79. The number of carboxylic acid groups (broad SMARTS) is 2. The Hall–Kier alpha value is -1.10. The van der Waals surface area contributed by atoms with Crippen molar-refractivity contribution in [3.8, 4) is 0 Å². The molecule has 3 N–H and O–H groups in total. The van der Waals surface area contributed by atoms with Gasteiger partial charge in [-0.2, -0.15) is 0 Å². The fourth-order valence-electron chi connectivity index (χ4n) is 3.07. The van der Waals surface area contributed by atoms with Gasteiger partial charge in [-0.05, 0) is 19.3 Å². The second-order valence-corrected chi connectivity index (χ2v) is 4.95. The molecule has 16 heavy (non-hydrogen) atoms. The molecule has 1 aliphatic carbocycles. The van der Waals surface area contributed by atoms with Crippen LogP contribution >= 0.6 is 0 Å².